The summed E-state index contributed by atoms with van der Waals surface area (Å²) in [5.74, 6) is 0.0960. The second-order valence-corrected chi connectivity index (χ2v) is 6.40. The summed E-state index contributed by atoms with van der Waals surface area (Å²) in [6.45, 7) is 0.523. The summed E-state index contributed by atoms with van der Waals surface area (Å²) in [6.07, 6.45) is 4.93. The van der Waals surface area contributed by atoms with Gasteiger partial charge >= 0.3 is 0 Å². The minimum Gasteiger partial charge on any atom is -0.351 e. The first-order valence-corrected chi connectivity index (χ1v) is 8.50. The van der Waals surface area contributed by atoms with E-state index < -0.39 is 0 Å². The van der Waals surface area contributed by atoms with Gasteiger partial charge in [0.1, 0.15) is 0 Å². The number of carbonyl (C=O) groups excluding carboxylic acids is 1. The van der Waals surface area contributed by atoms with Crippen molar-refractivity contribution in [1.82, 2.24) is 10.3 Å². The largest absolute Gasteiger partial charge is 0.351 e. The van der Waals surface area contributed by atoms with Crippen LogP contribution in [0.4, 0.5) is 0 Å². The second kappa shape index (κ2) is 6.44. The summed E-state index contributed by atoms with van der Waals surface area (Å²) in [5.41, 5.74) is 4.52. The molecular formula is C21H20N2O. The van der Waals surface area contributed by atoms with Crippen LogP contribution >= 0.6 is 0 Å². The molecule has 1 aromatic heterocycles. The molecule has 0 fully saturated rings. The highest BCUT2D eigenvalue weighted by Crippen LogP contribution is 2.31. The lowest BCUT2D eigenvalue weighted by atomic mass is 9.82. The number of amides is 1. The van der Waals surface area contributed by atoms with E-state index in [0.29, 0.717) is 6.54 Å². The van der Waals surface area contributed by atoms with E-state index in [0.717, 1.165) is 35.7 Å². The summed E-state index contributed by atoms with van der Waals surface area (Å²) in [5, 5.41) is 4.20. The molecule has 1 N–H and O–H groups in total. The van der Waals surface area contributed by atoms with Crippen molar-refractivity contribution in [2.45, 2.75) is 31.7 Å². The average Bonchev–Trinajstić information content (AvgIpc) is 2.65. The Kier molecular flexibility index (Phi) is 3.99. The van der Waals surface area contributed by atoms with Gasteiger partial charge in [-0.05, 0) is 48.1 Å². The zero-order chi connectivity index (χ0) is 16.4. The van der Waals surface area contributed by atoms with E-state index in [1.807, 2.05) is 36.5 Å². The van der Waals surface area contributed by atoms with Crippen molar-refractivity contribution >= 4 is 16.8 Å². The summed E-state index contributed by atoms with van der Waals surface area (Å²) in [4.78, 5) is 17.1. The molecule has 1 amide bonds. The van der Waals surface area contributed by atoms with Crippen molar-refractivity contribution in [2.75, 3.05) is 0 Å². The number of aromatic nitrogens is 1. The van der Waals surface area contributed by atoms with Crippen molar-refractivity contribution in [2.24, 2.45) is 0 Å². The van der Waals surface area contributed by atoms with Gasteiger partial charge in [0.2, 0.25) is 5.91 Å². The normalized spacial score (nSPS) is 16.6. The van der Waals surface area contributed by atoms with E-state index in [2.05, 4.69) is 34.6 Å². The van der Waals surface area contributed by atoms with Crippen LogP contribution in [0, 0.1) is 0 Å². The molecule has 0 spiro atoms. The predicted molar refractivity (Wildman–Crippen MR) is 95.7 cm³/mol. The van der Waals surface area contributed by atoms with Gasteiger partial charge in [0, 0.05) is 18.1 Å². The van der Waals surface area contributed by atoms with E-state index in [-0.39, 0.29) is 11.8 Å². The van der Waals surface area contributed by atoms with Crippen molar-refractivity contribution in [3.05, 3.63) is 77.5 Å². The topological polar surface area (TPSA) is 42.0 Å². The van der Waals surface area contributed by atoms with Crippen molar-refractivity contribution in [3.8, 4) is 0 Å². The maximum Gasteiger partial charge on any atom is 0.227 e. The van der Waals surface area contributed by atoms with E-state index in [1.165, 1.54) is 11.1 Å². The fourth-order valence-electron chi connectivity index (χ4n) is 3.55. The maximum absolute atomic E-state index is 12.7. The van der Waals surface area contributed by atoms with E-state index >= 15 is 0 Å². The second-order valence-electron chi connectivity index (χ2n) is 6.40. The standard InChI is InChI=1S/C21H20N2O/c24-21(19-10-5-8-16-6-1-3-9-18(16)19)23-14-15-12-17-7-2-4-11-20(17)22-13-15/h1-4,6-7,9,11-13,19H,5,8,10,14H2,(H,23,24)/t19-/m0/s1. The molecular weight excluding hydrogens is 296 g/mol. The van der Waals surface area contributed by atoms with Crippen LogP contribution in [0.1, 0.15) is 35.4 Å². The molecule has 3 nitrogen and oxygen atoms in total. The van der Waals surface area contributed by atoms with Crippen LogP contribution < -0.4 is 5.32 Å². The first-order valence-electron chi connectivity index (χ1n) is 8.50. The molecule has 0 bridgehead atoms. The molecule has 1 aliphatic rings. The highest BCUT2D eigenvalue weighted by atomic mass is 16.1. The Morgan fingerprint density at radius 1 is 1.12 bits per heavy atom. The SMILES string of the molecule is O=C(NCc1cnc2ccccc2c1)[C@H]1CCCc2ccccc21. The molecule has 0 saturated carbocycles. The first-order chi connectivity index (χ1) is 11.8. The quantitative estimate of drug-likeness (QED) is 0.794. The number of pyridine rings is 1. The average molecular weight is 316 g/mol. The highest BCUT2D eigenvalue weighted by molar-refractivity contribution is 5.84. The number of fused-ring (bicyclic) bond motifs is 2. The molecule has 0 saturated heterocycles. The summed E-state index contributed by atoms with van der Waals surface area (Å²) in [6, 6.07) is 18.4. The van der Waals surface area contributed by atoms with Gasteiger partial charge in [-0.1, -0.05) is 42.5 Å². The maximum atomic E-state index is 12.7. The molecule has 0 radical (unpaired) electrons. The smallest absolute Gasteiger partial charge is 0.227 e. The Morgan fingerprint density at radius 2 is 1.96 bits per heavy atom. The van der Waals surface area contributed by atoms with Crippen LogP contribution in [-0.2, 0) is 17.8 Å². The Balaban J connectivity index is 1.48. The van der Waals surface area contributed by atoms with Gasteiger partial charge in [-0.2, -0.15) is 0 Å². The third-order valence-electron chi connectivity index (χ3n) is 4.80. The number of rotatable bonds is 3. The van der Waals surface area contributed by atoms with Gasteiger partial charge in [0.05, 0.1) is 11.4 Å². The van der Waals surface area contributed by atoms with Crippen LogP contribution in [0.2, 0.25) is 0 Å². The van der Waals surface area contributed by atoms with Crippen molar-refractivity contribution in [3.63, 3.8) is 0 Å². The van der Waals surface area contributed by atoms with Crippen LogP contribution in [-0.4, -0.2) is 10.9 Å². The minimum absolute atomic E-state index is 0.0247. The molecule has 2 aromatic carbocycles. The third-order valence-corrected chi connectivity index (χ3v) is 4.80. The highest BCUT2D eigenvalue weighted by Gasteiger charge is 2.25. The number of carbonyl (C=O) groups is 1. The lowest BCUT2D eigenvalue weighted by Crippen LogP contribution is -2.31. The van der Waals surface area contributed by atoms with Gasteiger partial charge in [0.25, 0.3) is 0 Å². The zero-order valence-electron chi connectivity index (χ0n) is 13.5. The summed E-state index contributed by atoms with van der Waals surface area (Å²) < 4.78 is 0. The fraction of sp³-hybridized carbons (Fsp3) is 0.238. The molecule has 1 atom stereocenters. The molecule has 1 heterocycles. The van der Waals surface area contributed by atoms with Crippen molar-refractivity contribution < 1.29 is 4.79 Å². The van der Waals surface area contributed by atoms with Crippen LogP contribution in [0.5, 0.6) is 0 Å². The Morgan fingerprint density at radius 3 is 2.92 bits per heavy atom. The van der Waals surface area contributed by atoms with Gasteiger partial charge in [0.15, 0.2) is 0 Å². The number of hydrogen-bond acceptors (Lipinski definition) is 2. The van der Waals surface area contributed by atoms with Crippen LogP contribution in [0.3, 0.4) is 0 Å². The molecule has 3 heteroatoms. The number of para-hydroxylation sites is 1. The molecule has 120 valence electrons. The lowest BCUT2D eigenvalue weighted by molar-refractivity contribution is -0.123. The number of benzene rings is 2. The molecule has 4 rings (SSSR count). The Hall–Kier alpha value is -2.68. The van der Waals surface area contributed by atoms with Crippen molar-refractivity contribution in [1.29, 1.82) is 0 Å². The third kappa shape index (κ3) is 2.90. The molecule has 0 unspecified atom stereocenters. The van der Waals surface area contributed by atoms with Gasteiger partial charge < -0.3 is 5.32 Å². The number of nitrogens with one attached hydrogen (secondary N) is 1. The monoisotopic (exact) mass is 316 g/mol. The molecule has 1 aliphatic carbocycles. The predicted octanol–water partition coefficient (Wildman–Crippen LogP) is 3.97. The number of nitrogens with zero attached hydrogens (tertiary/aromatic N) is 1. The van der Waals surface area contributed by atoms with Gasteiger partial charge in [-0.15, -0.1) is 0 Å². The fourth-order valence-corrected chi connectivity index (χ4v) is 3.55. The Labute approximate surface area is 141 Å². The van der Waals surface area contributed by atoms with E-state index in [1.54, 1.807) is 0 Å². The van der Waals surface area contributed by atoms with Crippen LogP contribution in [0.25, 0.3) is 10.9 Å². The number of aryl methyl sites for hydroxylation is 1. The molecule has 3 aromatic rings. The first kappa shape index (κ1) is 14.9. The minimum atomic E-state index is -0.0247. The lowest BCUT2D eigenvalue weighted by Gasteiger charge is -2.24. The van der Waals surface area contributed by atoms with E-state index in [4.69, 9.17) is 0 Å². The molecule has 24 heavy (non-hydrogen) atoms. The van der Waals surface area contributed by atoms with Gasteiger partial charge in [-0.25, -0.2) is 0 Å². The van der Waals surface area contributed by atoms with E-state index in [9.17, 15) is 4.79 Å². The zero-order valence-corrected chi connectivity index (χ0v) is 13.5. The Bertz CT molecular complexity index is 888. The molecule has 0 aliphatic heterocycles. The summed E-state index contributed by atoms with van der Waals surface area (Å²) in [7, 11) is 0. The summed E-state index contributed by atoms with van der Waals surface area (Å²) >= 11 is 0. The number of hydrogen-bond donors (Lipinski definition) is 1. The van der Waals surface area contributed by atoms with Gasteiger partial charge in [-0.3, -0.25) is 9.78 Å². The van der Waals surface area contributed by atoms with Crippen LogP contribution in [0.15, 0.2) is 60.8 Å².